The van der Waals surface area contributed by atoms with Crippen LogP contribution in [0, 0.1) is 0 Å². The summed E-state index contributed by atoms with van der Waals surface area (Å²) in [5.74, 6) is 0. The van der Waals surface area contributed by atoms with Crippen LogP contribution in [0.1, 0.15) is 13.8 Å². The van der Waals surface area contributed by atoms with Gasteiger partial charge in [-0.25, -0.2) is 0 Å². The molecule has 68 valence electrons. The molecule has 0 aliphatic heterocycles. The fraction of sp³-hybridized carbons (Fsp3) is 0.667. The van der Waals surface area contributed by atoms with E-state index < -0.39 is 0 Å². The zero-order valence-corrected chi connectivity index (χ0v) is 8.71. The average molecular weight is 204 g/mol. The highest BCUT2D eigenvalue weighted by Gasteiger charge is 2.19. The van der Waals surface area contributed by atoms with Gasteiger partial charge in [0.25, 0.3) is 0 Å². The minimum absolute atomic E-state index is 0.00593. The summed E-state index contributed by atoms with van der Waals surface area (Å²) in [6.07, 6.45) is 0. The molecule has 1 heterocycles. The summed E-state index contributed by atoms with van der Waals surface area (Å²) < 4.78 is 0.884. The van der Waals surface area contributed by atoms with E-state index in [-0.39, 0.29) is 4.75 Å². The number of hydrogen-bond donors (Lipinski definition) is 2. The number of nitrogens with zero attached hydrogens (tertiary/aromatic N) is 2. The Bertz CT molecular complexity index is 258. The van der Waals surface area contributed by atoms with Gasteiger partial charge in [0.2, 0.25) is 5.13 Å². The van der Waals surface area contributed by atoms with E-state index in [1.807, 2.05) is 0 Å². The van der Waals surface area contributed by atoms with Gasteiger partial charge in [0.15, 0.2) is 4.34 Å². The van der Waals surface area contributed by atoms with E-state index in [0.717, 1.165) is 4.34 Å². The molecule has 0 aromatic carbocycles. The molecule has 0 bridgehead atoms. The van der Waals surface area contributed by atoms with Crippen molar-refractivity contribution in [3.63, 3.8) is 0 Å². The Labute approximate surface area is 79.7 Å². The number of thioether (sulfide) groups is 1. The van der Waals surface area contributed by atoms with E-state index in [0.29, 0.717) is 11.7 Å². The van der Waals surface area contributed by atoms with E-state index in [1.165, 1.54) is 11.3 Å². The molecular formula is C6H12N4S2. The fourth-order valence-electron chi connectivity index (χ4n) is 0.540. The van der Waals surface area contributed by atoms with Crippen LogP contribution in [0.25, 0.3) is 0 Å². The standard InChI is InChI=1S/C6H12N4S2/c1-6(2,3-7)12-5-10-9-4(8)11-5/h3,7H2,1-2H3,(H2,8,9). The van der Waals surface area contributed by atoms with Gasteiger partial charge < -0.3 is 11.5 Å². The summed E-state index contributed by atoms with van der Waals surface area (Å²) in [6.45, 7) is 4.74. The van der Waals surface area contributed by atoms with Crippen LogP contribution < -0.4 is 11.5 Å². The number of hydrogen-bond acceptors (Lipinski definition) is 6. The highest BCUT2D eigenvalue weighted by Crippen LogP contribution is 2.33. The Morgan fingerprint density at radius 2 is 2.17 bits per heavy atom. The molecule has 0 saturated heterocycles. The molecule has 0 saturated carbocycles. The van der Waals surface area contributed by atoms with Crippen molar-refractivity contribution >= 4 is 28.2 Å². The monoisotopic (exact) mass is 204 g/mol. The van der Waals surface area contributed by atoms with Crippen molar-refractivity contribution in [2.24, 2.45) is 5.73 Å². The van der Waals surface area contributed by atoms with Gasteiger partial charge in [0.05, 0.1) is 0 Å². The van der Waals surface area contributed by atoms with Gasteiger partial charge in [-0.15, -0.1) is 10.2 Å². The molecule has 0 fully saturated rings. The van der Waals surface area contributed by atoms with Crippen molar-refractivity contribution in [1.82, 2.24) is 10.2 Å². The molecule has 0 atom stereocenters. The van der Waals surface area contributed by atoms with Crippen LogP contribution in [0.15, 0.2) is 4.34 Å². The van der Waals surface area contributed by atoms with E-state index in [4.69, 9.17) is 11.5 Å². The largest absolute Gasteiger partial charge is 0.374 e. The van der Waals surface area contributed by atoms with E-state index in [9.17, 15) is 0 Å². The molecule has 0 radical (unpaired) electrons. The second-order valence-corrected chi connectivity index (χ2v) is 5.94. The molecule has 0 unspecified atom stereocenters. The lowest BCUT2D eigenvalue weighted by molar-refractivity contribution is 0.721. The molecule has 1 aromatic rings. The fourth-order valence-corrected chi connectivity index (χ4v) is 2.62. The summed E-state index contributed by atoms with van der Waals surface area (Å²) in [7, 11) is 0. The van der Waals surface area contributed by atoms with Crippen molar-refractivity contribution in [3.8, 4) is 0 Å². The summed E-state index contributed by atoms with van der Waals surface area (Å²) in [5.41, 5.74) is 11.0. The average Bonchev–Trinajstić information content (AvgIpc) is 2.35. The minimum atomic E-state index is 0.00593. The first-order valence-electron chi connectivity index (χ1n) is 3.51. The van der Waals surface area contributed by atoms with Gasteiger partial charge in [0, 0.05) is 11.3 Å². The zero-order valence-electron chi connectivity index (χ0n) is 7.07. The summed E-state index contributed by atoms with van der Waals surface area (Å²) in [5, 5.41) is 8.12. The van der Waals surface area contributed by atoms with Gasteiger partial charge in [-0.1, -0.05) is 23.1 Å². The molecule has 1 aromatic heterocycles. The maximum absolute atomic E-state index is 5.57. The Morgan fingerprint density at radius 3 is 2.58 bits per heavy atom. The van der Waals surface area contributed by atoms with E-state index in [2.05, 4.69) is 24.0 Å². The third-order valence-corrected chi connectivity index (χ3v) is 3.30. The van der Waals surface area contributed by atoms with Gasteiger partial charge >= 0.3 is 0 Å². The van der Waals surface area contributed by atoms with Crippen LogP contribution >= 0.6 is 23.1 Å². The predicted octanol–water partition coefficient (Wildman–Crippen LogP) is 0.950. The highest BCUT2D eigenvalue weighted by molar-refractivity contribution is 8.02. The molecule has 0 aliphatic carbocycles. The number of aromatic nitrogens is 2. The SMILES string of the molecule is CC(C)(CN)Sc1nnc(N)s1. The molecule has 6 heteroatoms. The number of nitrogen functional groups attached to an aromatic ring is 1. The molecule has 1 rings (SSSR count). The zero-order chi connectivity index (χ0) is 9.19. The minimum Gasteiger partial charge on any atom is -0.374 e. The summed E-state index contributed by atoms with van der Waals surface area (Å²) in [6, 6.07) is 0. The normalized spacial score (nSPS) is 11.9. The third-order valence-electron chi connectivity index (χ3n) is 1.28. The molecule has 0 spiro atoms. The van der Waals surface area contributed by atoms with E-state index >= 15 is 0 Å². The van der Waals surface area contributed by atoms with Crippen molar-refractivity contribution in [3.05, 3.63) is 0 Å². The van der Waals surface area contributed by atoms with Crippen LogP contribution in [-0.2, 0) is 0 Å². The highest BCUT2D eigenvalue weighted by atomic mass is 32.2. The number of nitrogens with two attached hydrogens (primary N) is 2. The molecule has 4 N–H and O–H groups in total. The predicted molar refractivity (Wildman–Crippen MR) is 53.3 cm³/mol. The maximum atomic E-state index is 5.57. The molecule has 0 amide bonds. The second-order valence-electron chi connectivity index (χ2n) is 2.97. The van der Waals surface area contributed by atoms with Crippen LogP contribution in [0.3, 0.4) is 0 Å². The van der Waals surface area contributed by atoms with Crippen molar-refractivity contribution in [2.45, 2.75) is 22.9 Å². The smallest absolute Gasteiger partial charge is 0.203 e. The van der Waals surface area contributed by atoms with Crippen molar-refractivity contribution < 1.29 is 0 Å². The lowest BCUT2D eigenvalue weighted by Gasteiger charge is -2.18. The van der Waals surface area contributed by atoms with Crippen LogP contribution in [0.2, 0.25) is 0 Å². The number of rotatable bonds is 3. The van der Waals surface area contributed by atoms with Gasteiger partial charge in [-0.05, 0) is 13.8 Å². The van der Waals surface area contributed by atoms with Crippen molar-refractivity contribution in [1.29, 1.82) is 0 Å². The lowest BCUT2D eigenvalue weighted by Crippen LogP contribution is -2.26. The Morgan fingerprint density at radius 1 is 1.50 bits per heavy atom. The summed E-state index contributed by atoms with van der Waals surface area (Å²) in [4.78, 5) is 0. The number of anilines is 1. The van der Waals surface area contributed by atoms with Gasteiger partial charge in [-0.2, -0.15) is 0 Å². The van der Waals surface area contributed by atoms with Gasteiger partial charge in [-0.3, -0.25) is 0 Å². The third kappa shape index (κ3) is 2.62. The Balaban J connectivity index is 2.63. The first-order chi connectivity index (χ1) is 5.53. The second kappa shape index (κ2) is 3.59. The lowest BCUT2D eigenvalue weighted by atomic mass is 10.2. The molecule has 0 aliphatic rings. The first-order valence-corrected chi connectivity index (χ1v) is 5.15. The molecular weight excluding hydrogens is 192 g/mol. The van der Waals surface area contributed by atoms with E-state index in [1.54, 1.807) is 11.8 Å². The topological polar surface area (TPSA) is 77.8 Å². The Hall–Kier alpha value is -0.330. The summed E-state index contributed by atoms with van der Waals surface area (Å²) >= 11 is 3.00. The van der Waals surface area contributed by atoms with Crippen molar-refractivity contribution in [2.75, 3.05) is 12.3 Å². The van der Waals surface area contributed by atoms with Gasteiger partial charge in [0.1, 0.15) is 0 Å². The first kappa shape index (κ1) is 9.76. The van der Waals surface area contributed by atoms with Crippen LogP contribution in [0.5, 0.6) is 0 Å². The van der Waals surface area contributed by atoms with Crippen LogP contribution in [0.4, 0.5) is 5.13 Å². The Kier molecular flexibility index (Phi) is 2.92. The maximum Gasteiger partial charge on any atom is 0.203 e. The quantitative estimate of drug-likeness (QED) is 0.717. The van der Waals surface area contributed by atoms with Crippen LogP contribution in [-0.4, -0.2) is 21.5 Å². The molecule has 4 nitrogen and oxygen atoms in total. The molecule has 12 heavy (non-hydrogen) atoms.